The summed E-state index contributed by atoms with van der Waals surface area (Å²) < 4.78 is 10.4. The molecule has 0 aliphatic rings. The number of aromatic hydroxyl groups is 1. The largest absolute Gasteiger partial charge is 0.507 e. The highest BCUT2D eigenvalue weighted by Gasteiger charge is 2.28. The molecule has 0 amide bonds. The summed E-state index contributed by atoms with van der Waals surface area (Å²) >= 11 is 0. The van der Waals surface area contributed by atoms with Crippen LogP contribution in [0.25, 0.3) is 10.9 Å². The van der Waals surface area contributed by atoms with E-state index in [0.29, 0.717) is 16.7 Å². The van der Waals surface area contributed by atoms with Gasteiger partial charge in [-0.3, -0.25) is 9.59 Å². The third-order valence-electron chi connectivity index (χ3n) is 3.84. The topological polar surface area (TPSA) is 92.5 Å². The molecule has 2 heterocycles. The van der Waals surface area contributed by atoms with Crippen LogP contribution in [0.1, 0.15) is 30.6 Å². The number of esters is 1. The van der Waals surface area contributed by atoms with E-state index in [0.717, 1.165) is 0 Å². The highest BCUT2D eigenvalue weighted by molar-refractivity contribution is 5.86. The maximum Gasteiger partial charge on any atom is 0.306 e. The highest BCUT2D eigenvalue weighted by atomic mass is 16.5. The molecular formula is C18H17NO5. The summed E-state index contributed by atoms with van der Waals surface area (Å²) in [5.41, 5.74) is 0.159. The number of carbonyl (C=O) groups is 1. The molecule has 0 spiro atoms. The summed E-state index contributed by atoms with van der Waals surface area (Å²) in [5.74, 6) is -0.933. The van der Waals surface area contributed by atoms with E-state index >= 15 is 0 Å². The fourth-order valence-electron chi connectivity index (χ4n) is 2.79. The van der Waals surface area contributed by atoms with Gasteiger partial charge in [0.15, 0.2) is 0 Å². The van der Waals surface area contributed by atoms with Crippen LogP contribution in [0.4, 0.5) is 0 Å². The number of hydrogen-bond donors (Lipinski definition) is 2. The predicted octanol–water partition coefficient (Wildman–Crippen LogP) is 2.91. The number of ether oxygens (including phenoxy) is 1. The molecule has 24 heavy (non-hydrogen) atoms. The Hall–Kier alpha value is -3.02. The molecule has 6 nitrogen and oxygen atoms in total. The molecule has 6 heteroatoms. The van der Waals surface area contributed by atoms with E-state index in [4.69, 9.17) is 9.15 Å². The number of rotatable bonds is 5. The van der Waals surface area contributed by atoms with Crippen LogP contribution in [-0.2, 0) is 9.53 Å². The Bertz CT molecular complexity index is 911. The van der Waals surface area contributed by atoms with E-state index < -0.39 is 17.4 Å². The zero-order chi connectivity index (χ0) is 17.1. The summed E-state index contributed by atoms with van der Waals surface area (Å²) in [5, 5.41) is 11.1. The lowest BCUT2D eigenvalue weighted by Crippen LogP contribution is -2.20. The van der Waals surface area contributed by atoms with Crippen molar-refractivity contribution in [2.24, 2.45) is 0 Å². The molecule has 0 saturated heterocycles. The van der Waals surface area contributed by atoms with E-state index in [9.17, 15) is 14.7 Å². The standard InChI is InChI=1S/C18H17NO5/c1-2-23-15(20)10-12(14-8-5-9-24-14)16-17(21)11-6-3-4-7-13(11)19-18(16)22/h3-9,12H,2,10H2,1H3,(H2,19,21,22)/t12-/m1/s1. The van der Waals surface area contributed by atoms with Crippen molar-refractivity contribution in [3.63, 3.8) is 0 Å². The summed E-state index contributed by atoms with van der Waals surface area (Å²) in [6.07, 6.45) is 1.36. The van der Waals surface area contributed by atoms with E-state index in [-0.39, 0.29) is 24.3 Å². The van der Waals surface area contributed by atoms with Crippen molar-refractivity contribution in [3.05, 3.63) is 64.3 Å². The quantitative estimate of drug-likeness (QED) is 0.703. The van der Waals surface area contributed by atoms with Crippen molar-refractivity contribution < 1.29 is 19.1 Å². The second kappa shape index (κ2) is 6.62. The Balaban J connectivity index is 2.16. The average molecular weight is 327 g/mol. The minimum atomic E-state index is -0.729. The zero-order valence-corrected chi connectivity index (χ0v) is 13.1. The first-order valence-electron chi connectivity index (χ1n) is 7.64. The molecule has 0 radical (unpaired) electrons. The average Bonchev–Trinajstić information content (AvgIpc) is 3.08. The summed E-state index contributed by atoms with van der Waals surface area (Å²) in [7, 11) is 0. The van der Waals surface area contributed by atoms with Crippen molar-refractivity contribution in [3.8, 4) is 5.75 Å². The molecule has 0 fully saturated rings. The second-order valence-electron chi connectivity index (χ2n) is 5.34. The van der Waals surface area contributed by atoms with Crippen LogP contribution in [0, 0.1) is 0 Å². The van der Waals surface area contributed by atoms with Crippen LogP contribution in [0.5, 0.6) is 5.75 Å². The van der Waals surface area contributed by atoms with Crippen LogP contribution >= 0.6 is 0 Å². The summed E-state index contributed by atoms with van der Waals surface area (Å²) in [6, 6.07) is 10.3. The second-order valence-corrected chi connectivity index (χ2v) is 5.34. The van der Waals surface area contributed by atoms with Gasteiger partial charge in [-0.15, -0.1) is 0 Å². The van der Waals surface area contributed by atoms with Crippen LogP contribution in [0.3, 0.4) is 0 Å². The molecule has 1 atom stereocenters. The van der Waals surface area contributed by atoms with E-state index in [2.05, 4.69) is 4.98 Å². The smallest absolute Gasteiger partial charge is 0.306 e. The Morgan fingerprint density at radius 3 is 2.79 bits per heavy atom. The predicted molar refractivity (Wildman–Crippen MR) is 88.0 cm³/mol. The van der Waals surface area contributed by atoms with Gasteiger partial charge >= 0.3 is 5.97 Å². The maximum absolute atomic E-state index is 12.5. The lowest BCUT2D eigenvalue weighted by molar-refractivity contribution is -0.143. The first kappa shape index (κ1) is 15.9. The van der Waals surface area contributed by atoms with Gasteiger partial charge in [0.25, 0.3) is 5.56 Å². The number of nitrogens with one attached hydrogen (secondary N) is 1. The number of benzene rings is 1. The molecule has 3 aromatic rings. The number of aromatic nitrogens is 1. The molecule has 0 aliphatic carbocycles. The molecule has 3 rings (SSSR count). The molecular weight excluding hydrogens is 310 g/mol. The third-order valence-corrected chi connectivity index (χ3v) is 3.84. The number of para-hydroxylation sites is 1. The Kier molecular flexibility index (Phi) is 4.37. The number of pyridine rings is 1. The fraction of sp³-hybridized carbons (Fsp3) is 0.222. The number of H-pyrrole nitrogens is 1. The minimum absolute atomic E-state index is 0.0942. The van der Waals surface area contributed by atoms with Crippen molar-refractivity contribution in [2.45, 2.75) is 19.3 Å². The van der Waals surface area contributed by atoms with Gasteiger partial charge in [-0.2, -0.15) is 0 Å². The van der Waals surface area contributed by atoms with Crippen molar-refractivity contribution in [2.75, 3.05) is 6.61 Å². The number of fused-ring (bicyclic) bond motifs is 1. The van der Waals surface area contributed by atoms with Gasteiger partial charge in [0, 0.05) is 5.39 Å². The van der Waals surface area contributed by atoms with Crippen LogP contribution in [-0.4, -0.2) is 22.7 Å². The number of furan rings is 1. The normalized spacial score (nSPS) is 12.2. The molecule has 2 aromatic heterocycles. The molecule has 2 N–H and O–H groups in total. The van der Waals surface area contributed by atoms with E-state index in [1.807, 2.05) is 0 Å². The lowest BCUT2D eigenvalue weighted by Gasteiger charge is -2.16. The lowest BCUT2D eigenvalue weighted by atomic mass is 9.92. The Morgan fingerprint density at radius 2 is 2.08 bits per heavy atom. The van der Waals surface area contributed by atoms with Crippen LogP contribution < -0.4 is 5.56 Å². The van der Waals surface area contributed by atoms with Crippen molar-refractivity contribution in [1.29, 1.82) is 0 Å². The third kappa shape index (κ3) is 2.90. The fourth-order valence-corrected chi connectivity index (χ4v) is 2.79. The van der Waals surface area contributed by atoms with Crippen molar-refractivity contribution >= 4 is 16.9 Å². The highest BCUT2D eigenvalue weighted by Crippen LogP contribution is 2.35. The first-order valence-corrected chi connectivity index (χ1v) is 7.64. The molecule has 0 aliphatic heterocycles. The maximum atomic E-state index is 12.5. The number of aromatic amines is 1. The van der Waals surface area contributed by atoms with Gasteiger partial charge in [-0.1, -0.05) is 12.1 Å². The summed E-state index contributed by atoms with van der Waals surface area (Å²) in [4.78, 5) is 27.2. The number of carbonyl (C=O) groups excluding carboxylic acids is 1. The Morgan fingerprint density at radius 1 is 1.29 bits per heavy atom. The van der Waals surface area contributed by atoms with Gasteiger partial charge in [0.05, 0.1) is 36.3 Å². The Labute approximate surface area is 137 Å². The zero-order valence-electron chi connectivity index (χ0n) is 13.1. The number of hydrogen-bond acceptors (Lipinski definition) is 5. The van der Waals surface area contributed by atoms with Crippen molar-refractivity contribution in [1.82, 2.24) is 4.98 Å². The van der Waals surface area contributed by atoms with Gasteiger partial charge in [0.1, 0.15) is 11.5 Å². The minimum Gasteiger partial charge on any atom is -0.507 e. The summed E-state index contributed by atoms with van der Waals surface area (Å²) in [6.45, 7) is 1.95. The van der Waals surface area contributed by atoms with E-state index in [1.165, 1.54) is 6.26 Å². The van der Waals surface area contributed by atoms with Gasteiger partial charge in [-0.25, -0.2) is 0 Å². The molecule has 1 aromatic carbocycles. The van der Waals surface area contributed by atoms with Crippen LogP contribution in [0.15, 0.2) is 51.9 Å². The first-order chi connectivity index (χ1) is 11.6. The molecule has 0 saturated carbocycles. The van der Waals surface area contributed by atoms with Crippen LogP contribution in [0.2, 0.25) is 0 Å². The van der Waals surface area contributed by atoms with Gasteiger partial charge in [0.2, 0.25) is 0 Å². The van der Waals surface area contributed by atoms with E-state index in [1.54, 1.807) is 43.3 Å². The van der Waals surface area contributed by atoms with Gasteiger partial charge < -0.3 is 19.2 Å². The van der Waals surface area contributed by atoms with Gasteiger partial charge in [-0.05, 0) is 31.2 Å². The monoisotopic (exact) mass is 327 g/mol. The molecule has 0 unspecified atom stereocenters. The molecule has 124 valence electrons. The SMILES string of the molecule is CCOC(=O)C[C@H](c1ccco1)c1c(O)c2ccccc2[nH]c1=O. The molecule has 0 bridgehead atoms.